The Kier molecular flexibility index (Phi) is 3.73. The molecule has 0 bridgehead atoms. The monoisotopic (exact) mass is 419 g/mol. The quantitative estimate of drug-likeness (QED) is 0.265. The summed E-state index contributed by atoms with van der Waals surface area (Å²) < 4.78 is 6.44. The summed E-state index contributed by atoms with van der Waals surface area (Å²) in [5, 5.41) is 13.1. The van der Waals surface area contributed by atoms with E-state index in [1.165, 1.54) is 34.7 Å². The van der Waals surface area contributed by atoms with Crippen LogP contribution in [0, 0.1) is 10.1 Å². The third kappa shape index (κ3) is 2.56. The maximum absolute atomic E-state index is 11.8. The summed E-state index contributed by atoms with van der Waals surface area (Å²) >= 11 is 1.53. The van der Waals surface area contributed by atoms with Gasteiger partial charge in [-0.15, -0.1) is 11.3 Å². The first-order valence-corrected chi connectivity index (χ1v) is 10.8. The lowest BCUT2D eigenvalue weighted by atomic mass is 9.87. The topological polar surface area (TPSA) is 89.5 Å². The Morgan fingerprint density at radius 2 is 2.10 bits per heavy atom. The van der Waals surface area contributed by atoms with E-state index in [0.717, 1.165) is 58.4 Å². The highest BCUT2D eigenvalue weighted by atomic mass is 32.1. The molecule has 2 aromatic carbocycles. The van der Waals surface area contributed by atoms with Crippen LogP contribution in [-0.2, 0) is 12.8 Å². The highest BCUT2D eigenvalue weighted by Gasteiger charge is 2.35. The van der Waals surface area contributed by atoms with Crippen LogP contribution in [0.4, 0.5) is 11.4 Å². The Balaban J connectivity index is 1.49. The van der Waals surface area contributed by atoms with Crippen molar-refractivity contribution in [2.75, 3.05) is 11.4 Å². The van der Waals surface area contributed by atoms with Crippen LogP contribution < -0.4 is 10.5 Å². The minimum Gasteiger partial charge on any atom is -0.422 e. The second-order valence-corrected chi connectivity index (χ2v) is 8.91. The summed E-state index contributed by atoms with van der Waals surface area (Å²) in [6.07, 6.45) is 3.74. The molecule has 0 fully saturated rings. The minimum atomic E-state index is -0.370. The van der Waals surface area contributed by atoms with E-state index in [-0.39, 0.29) is 22.3 Å². The van der Waals surface area contributed by atoms with Crippen LogP contribution in [0.25, 0.3) is 21.2 Å². The zero-order valence-corrected chi connectivity index (χ0v) is 16.8. The van der Waals surface area contributed by atoms with Crippen LogP contribution in [0.5, 0.6) is 0 Å². The van der Waals surface area contributed by atoms with E-state index in [1.807, 2.05) is 6.07 Å². The molecule has 0 spiro atoms. The van der Waals surface area contributed by atoms with Gasteiger partial charge in [0.25, 0.3) is 5.69 Å². The Labute approximate surface area is 174 Å². The van der Waals surface area contributed by atoms with E-state index in [2.05, 4.69) is 11.0 Å². The molecule has 2 aliphatic heterocycles. The number of hydrogen-bond acceptors (Lipinski definition) is 7. The van der Waals surface area contributed by atoms with Gasteiger partial charge in [0, 0.05) is 41.4 Å². The van der Waals surface area contributed by atoms with Crippen LogP contribution in [0.2, 0.25) is 0 Å². The van der Waals surface area contributed by atoms with Gasteiger partial charge < -0.3 is 9.32 Å². The molecule has 0 amide bonds. The number of aromatic nitrogens is 1. The van der Waals surface area contributed by atoms with E-state index in [4.69, 9.17) is 9.40 Å². The van der Waals surface area contributed by atoms with Crippen molar-refractivity contribution < 1.29 is 9.34 Å². The fourth-order valence-corrected chi connectivity index (χ4v) is 6.01. The van der Waals surface area contributed by atoms with Crippen molar-refractivity contribution in [3.05, 3.63) is 73.1 Å². The molecule has 2 aliphatic rings. The van der Waals surface area contributed by atoms with Crippen LogP contribution >= 0.6 is 11.3 Å². The first-order valence-electron chi connectivity index (χ1n) is 9.98. The first-order chi connectivity index (χ1) is 14.6. The molecule has 1 atom stereocenters. The molecule has 4 aromatic rings. The number of rotatable bonds is 2. The molecule has 0 saturated heterocycles. The maximum Gasteiger partial charge on any atom is 0.336 e. The summed E-state index contributed by atoms with van der Waals surface area (Å²) in [4.78, 5) is 29.8. The summed E-state index contributed by atoms with van der Waals surface area (Å²) in [7, 11) is 0. The van der Waals surface area contributed by atoms with Gasteiger partial charge in [0.15, 0.2) is 0 Å². The zero-order chi connectivity index (χ0) is 20.4. The van der Waals surface area contributed by atoms with Gasteiger partial charge >= 0.3 is 5.63 Å². The predicted octanol–water partition coefficient (Wildman–Crippen LogP) is 4.75. The smallest absolute Gasteiger partial charge is 0.336 e. The molecule has 150 valence electrons. The number of nitro groups is 1. The van der Waals surface area contributed by atoms with Crippen molar-refractivity contribution >= 4 is 43.9 Å². The van der Waals surface area contributed by atoms with E-state index >= 15 is 0 Å². The van der Waals surface area contributed by atoms with E-state index < -0.39 is 0 Å². The maximum atomic E-state index is 11.8. The fraction of sp³-hybridized carbons (Fsp3) is 0.273. The molecule has 0 radical (unpaired) electrons. The molecule has 8 heteroatoms. The van der Waals surface area contributed by atoms with Gasteiger partial charge in [-0.1, -0.05) is 0 Å². The first kappa shape index (κ1) is 17.6. The third-order valence-electron chi connectivity index (χ3n) is 6.12. The molecule has 7 nitrogen and oxygen atoms in total. The number of hydrogen-bond donors (Lipinski definition) is 0. The molecule has 4 heterocycles. The average Bonchev–Trinajstić information content (AvgIpc) is 3.17. The van der Waals surface area contributed by atoms with Gasteiger partial charge in [0.1, 0.15) is 10.6 Å². The van der Waals surface area contributed by atoms with Gasteiger partial charge in [-0.25, -0.2) is 9.78 Å². The minimum absolute atomic E-state index is 0.0912. The molecule has 0 saturated carbocycles. The predicted molar refractivity (Wildman–Crippen MR) is 115 cm³/mol. The number of nitrogens with zero attached hydrogens (tertiary/aromatic N) is 3. The number of anilines is 1. The zero-order valence-electron chi connectivity index (χ0n) is 16.0. The largest absolute Gasteiger partial charge is 0.422 e. The molecule has 0 aliphatic carbocycles. The SMILES string of the molecule is O=c1ccc2cc3c4c(c2o1)CCC(c1nc2ccc([N+](=O)[O-])cc2s1)N4CCC3. The van der Waals surface area contributed by atoms with E-state index in [9.17, 15) is 14.9 Å². The van der Waals surface area contributed by atoms with Gasteiger partial charge in [0.05, 0.1) is 21.2 Å². The number of nitro benzene ring substituents is 1. The number of non-ortho nitro benzene ring substituents is 1. The van der Waals surface area contributed by atoms with Crippen LogP contribution in [0.3, 0.4) is 0 Å². The Morgan fingerprint density at radius 3 is 2.97 bits per heavy atom. The highest BCUT2D eigenvalue weighted by Crippen LogP contribution is 2.47. The van der Waals surface area contributed by atoms with Gasteiger partial charge in [-0.2, -0.15) is 0 Å². The number of benzene rings is 2. The van der Waals surface area contributed by atoms with Gasteiger partial charge in [-0.3, -0.25) is 10.1 Å². The summed E-state index contributed by atoms with van der Waals surface area (Å²) in [6.45, 7) is 0.920. The Morgan fingerprint density at radius 1 is 1.20 bits per heavy atom. The lowest BCUT2D eigenvalue weighted by molar-refractivity contribution is -0.384. The number of thiazole rings is 1. The van der Waals surface area contributed by atoms with Crippen molar-refractivity contribution in [3.63, 3.8) is 0 Å². The molecule has 2 aromatic heterocycles. The Hall–Kier alpha value is -3.26. The second kappa shape index (κ2) is 6.37. The average molecular weight is 419 g/mol. The van der Waals surface area contributed by atoms with Crippen LogP contribution in [0.1, 0.15) is 35.0 Å². The van der Waals surface area contributed by atoms with E-state index in [0.29, 0.717) is 5.58 Å². The number of aryl methyl sites for hydroxylation is 2. The summed E-state index contributed by atoms with van der Waals surface area (Å²) in [5.74, 6) is 0. The lowest BCUT2D eigenvalue weighted by Crippen LogP contribution is -2.37. The highest BCUT2D eigenvalue weighted by molar-refractivity contribution is 7.18. The van der Waals surface area contributed by atoms with Crippen molar-refractivity contribution in [1.82, 2.24) is 4.98 Å². The molecule has 6 rings (SSSR count). The molecular weight excluding hydrogens is 402 g/mol. The van der Waals surface area contributed by atoms with Crippen molar-refractivity contribution in [2.24, 2.45) is 0 Å². The molecule has 1 unspecified atom stereocenters. The van der Waals surface area contributed by atoms with Gasteiger partial charge in [0.2, 0.25) is 0 Å². The summed E-state index contributed by atoms with van der Waals surface area (Å²) in [5.41, 5.74) is 4.86. The standard InChI is InChI=1S/C22H17N3O4S/c26-19-8-3-13-10-12-2-1-9-24-17(7-5-15(20(12)24)21(13)29-19)22-23-16-6-4-14(25(27)28)11-18(16)30-22/h3-4,6,8,10-11,17H,1-2,5,7,9H2. The van der Waals surface area contributed by atoms with E-state index in [1.54, 1.807) is 12.1 Å². The second-order valence-electron chi connectivity index (χ2n) is 7.85. The summed E-state index contributed by atoms with van der Waals surface area (Å²) in [6, 6.07) is 10.5. The molecular formula is C22H17N3O4S. The Bertz CT molecular complexity index is 1410. The van der Waals surface area contributed by atoms with Crippen LogP contribution in [-0.4, -0.2) is 16.5 Å². The molecule has 0 N–H and O–H groups in total. The van der Waals surface area contributed by atoms with Crippen molar-refractivity contribution in [1.29, 1.82) is 0 Å². The lowest BCUT2D eigenvalue weighted by Gasteiger charge is -2.42. The number of fused-ring (bicyclic) bond motifs is 3. The fourth-order valence-electron chi connectivity index (χ4n) is 4.86. The van der Waals surface area contributed by atoms with Crippen molar-refractivity contribution in [2.45, 2.75) is 31.7 Å². The van der Waals surface area contributed by atoms with Crippen LogP contribution in [0.15, 0.2) is 45.6 Å². The molecule has 30 heavy (non-hydrogen) atoms. The van der Waals surface area contributed by atoms with Gasteiger partial charge in [-0.05, 0) is 49.4 Å². The normalized spacial score (nSPS) is 18.0. The third-order valence-corrected chi connectivity index (χ3v) is 7.24. The van der Waals surface area contributed by atoms with Crippen molar-refractivity contribution in [3.8, 4) is 0 Å².